The molecule has 0 aromatic carbocycles. The van der Waals surface area contributed by atoms with Gasteiger partial charge in [-0.25, -0.2) is 8.42 Å². The molecule has 2 heterocycles. The lowest BCUT2D eigenvalue weighted by atomic mass is 10.2. The fraction of sp³-hybridized carbons (Fsp3) is 0.667. The molecule has 0 unspecified atom stereocenters. The van der Waals surface area contributed by atoms with Crippen molar-refractivity contribution < 1.29 is 17.9 Å². The summed E-state index contributed by atoms with van der Waals surface area (Å²) in [5.41, 5.74) is 0. The van der Waals surface area contributed by atoms with E-state index in [2.05, 4.69) is 10.6 Å². The molecule has 1 amide bonds. The molecular weight excluding hydrogens is 350 g/mol. The van der Waals surface area contributed by atoms with Crippen LogP contribution in [-0.4, -0.2) is 65.1 Å². The smallest absolute Gasteiger partial charge is 0.262 e. The van der Waals surface area contributed by atoms with Gasteiger partial charge in [0.1, 0.15) is 9.77 Å². The van der Waals surface area contributed by atoms with Crippen molar-refractivity contribution in [1.82, 2.24) is 14.9 Å². The molecule has 1 aliphatic rings. The Morgan fingerprint density at radius 1 is 1.25 bits per heavy atom. The van der Waals surface area contributed by atoms with Crippen LogP contribution in [-0.2, 0) is 14.8 Å². The molecular formula is C15H25N3O4S2. The predicted molar refractivity (Wildman–Crippen MR) is 94.0 cm³/mol. The number of hydrogen-bond acceptors (Lipinski definition) is 6. The van der Waals surface area contributed by atoms with E-state index in [0.29, 0.717) is 39.3 Å². The van der Waals surface area contributed by atoms with E-state index in [1.165, 1.54) is 10.4 Å². The van der Waals surface area contributed by atoms with E-state index < -0.39 is 10.0 Å². The monoisotopic (exact) mass is 375 g/mol. The molecule has 9 heteroatoms. The van der Waals surface area contributed by atoms with E-state index in [0.717, 1.165) is 30.6 Å². The Morgan fingerprint density at radius 3 is 2.71 bits per heavy atom. The van der Waals surface area contributed by atoms with Crippen LogP contribution < -0.4 is 10.6 Å². The van der Waals surface area contributed by atoms with Gasteiger partial charge in [-0.1, -0.05) is 6.42 Å². The third-order valence-corrected chi connectivity index (χ3v) is 6.82. The number of nitrogens with one attached hydrogen (secondary N) is 2. The molecule has 7 nitrogen and oxygen atoms in total. The van der Waals surface area contributed by atoms with Crippen LogP contribution in [0, 0.1) is 0 Å². The third kappa shape index (κ3) is 5.00. The number of piperidine rings is 1. The molecule has 0 aliphatic carbocycles. The van der Waals surface area contributed by atoms with Gasteiger partial charge in [0.25, 0.3) is 5.91 Å². The number of ether oxygens (including phenoxy) is 1. The van der Waals surface area contributed by atoms with Crippen LogP contribution in [0.25, 0.3) is 0 Å². The van der Waals surface area contributed by atoms with Gasteiger partial charge in [0.05, 0.1) is 6.61 Å². The second-order valence-electron chi connectivity index (χ2n) is 5.58. The topological polar surface area (TPSA) is 87.7 Å². The number of amides is 1. The molecule has 1 fully saturated rings. The first-order chi connectivity index (χ1) is 11.6. The molecule has 0 atom stereocenters. The zero-order chi connectivity index (χ0) is 17.4. The van der Waals surface area contributed by atoms with Gasteiger partial charge in [-0.05, 0) is 24.3 Å². The van der Waals surface area contributed by atoms with Crippen LogP contribution in [0.3, 0.4) is 0 Å². The van der Waals surface area contributed by atoms with Gasteiger partial charge >= 0.3 is 0 Å². The van der Waals surface area contributed by atoms with Crippen LogP contribution in [0.4, 0.5) is 0 Å². The standard InChI is InChI=1S/C15H25N3O4S2/c1-22-11-8-16-6-7-17-15(19)14-13(5-12-23-14)24(20,21)18-9-3-2-4-10-18/h5,12,16H,2-4,6-11H2,1H3,(H,17,19). The van der Waals surface area contributed by atoms with Gasteiger partial charge < -0.3 is 15.4 Å². The SMILES string of the molecule is COCCNCCNC(=O)c1sccc1S(=O)(=O)N1CCCCC1. The van der Waals surface area contributed by atoms with Crippen molar-refractivity contribution in [2.75, 3.05) is 46.4 Å². The molecule has 2 N–H and O–H groups in total. The summed E-state index contributed by atoms with van der Waals surface area (Å²) in [5, 5.41) is 7.54. The Balaban J connectivity index is 1.95. The fourth-order valence-electron chi connectivity index (χ4n) is 2.55. The summed E-state index contributed by atoms with van der Waals surface area (Å²) < 4.78 is 31.9. The number of sulfonamides is 1. The number of rotatable bonds is 9. The van der Waals surface area contributed by atoms with Crippen LogP contribution in [0.5, 0.6) is 0 Å². The summed E-state index contributed by atoms with van der Waals surface area (Å²) in [6.45, 7) is 3.42. The number of hydrogen-bond donors (Lipinski definition) is 2. The first-order valence-electron chi connectivity index (χ1n) is 8.13. The lowest BCUT2D eigenvalue weighted by Gasteiger charge is -2.25. The van der Waals surface area contributed by atoms with Gasteiger partial charge in [0, 0.05) is 39.8 Å². The summed E-state index contributed by atoms with van der Waals surface area (Å²) in [5.74, 6) is -0.339. The van der Waals surface area contributed by atoms with Crippen molar-refractivity contribution in [2.24, 2.45) is 0 Å². The Bertz CT molecular complexity index is 624. The maximum Gasteiger partial charge on any atom is 0.262 e. The highest BCUT2D eigenvalue weighted by Gasteiger charge is 2.30. The molecule has 1 aromatic rings. The van der Waals surface area contributed by atoms with Crippen molar-refractivity contribution in [3.05, 3.63) is 16.3 Å². The minimum Gasteiger partial charge on any atom is -0.383 e. The number of carbonyl (C=O) groups excluding carboxylic acids is 1. The maximum atomic E-state index is 12.7. The molecule has 0 spiro atoms. The fourth-order valence-corrected chi connectivity index (χ4v) is 5.39. The number of methoxy groups -OCH3 is 1. The maximum absolute atomic E-state index is 12.7. The van der Waals surface area contributed by atoms with Gasteiger partial charge in [-0.2, -0.15) is 4.31 Å². The van der Waals surface area contributed by atoms with Crippen LogP contribution in [0.1, 0.15) is 28.9 Å². The van der Waals surface area contributed by atoms with Crippen molar-refractivity contribution in [3.8, 4) is 0 Å². The molecule has 0 bridgehead atoms. The molecule has 136 valence electrons. The first kappa shape index (κ1) is 19.3. The summed E-state index contributed by atoms with van der Waals surface area (Å²) in [6.07, 6.45) is 2.80. The van der Waals surface area contributed by atoms with E-state index in [4.69, 9.17) is 4.74 Å². The van der Waals surface area contributed by atoms with E-state index in [1.807, 2.05) is 0 Å². The number of carbonyl (C=O) groups is 1. The van der Waals surface area contributed by atoms with Crippen molar-refractivity contribution in [1.29, 1.82) is 0 Å². The average molecular weight is 376 g/mol. The van der Waals surface area contributed by atoms with Crippen molar-refractivity contribution in [2.45, 2.75) is 24.2 Å². The highest BCUT2D eigenvalue weighted by Crippen LogP contribution is 2.27. The zero-order valence-corrected chi connectivity index (χ0v) is 15.5. The number of thiophene rings is 1. The van der Waals surface area contributed by atoms with Gasteiger partial charge in [0.15, 0.2) is 0 Å². The largest absolute Gasteiger partial charge is 0.383 e. The first-order valence-corrected chi connectivity index (χ1v) is 10.4. The zero-order valence-electron chi connectivity index (χ0n) is 13.9. The predicted octanol–water partition coefficient (Wildman–Crippen LogP) is 0.888. The summed E-state index contributed by atoms with van der Waals surface area (Å²) in [4.78, 5) is 12.7. The minimum atomic E-state index is -3.59. The quantitative estimate of drug-likeness (QED) is 0.626. The van der Waals surface area contributed by atoms with Gasteiger partial charge in [0.2, 0.25) is 10.0 Å². The Labute approximate surface area is 147 Å². The van der Waals surface area contributed by atoms with Crippen LogP contribution >= 0.6 is 11.3 Å². The normalized spacial score (nSPS) is 16.2. The Kier molecular flexibility index (Phi) is 7.63. The van der Waals surface area contributed by atoms with Crippen LogP contribution in [0.15, 0.2) is 16.3 Å². The molecule has 1 saturated heterocycles. The third-order valence-electron chi connectivity index (χ3n) is 3.84. The summed E-state index contributed by atoms with van der Waals surface area (Å²) in [6, 6.07) is 1.53. The second kappa shape index (κ2) is 9.47. The average Bonchev–Trinajstić information content (AvgIpc) is 3.09. The second-order valence-corrected chi connectivity index (χ2v) is 8.40. The minimum absolute atomic E-state index is 0.124. The summed E-state index contributed by atoms with van der Waals surface area (Å²) in [7, 11) is -1.96. The molecule has 0 saturated carbocycles. The lowest BCUT2D eigenvalue weighted by Crippen LogP contribution is -2.37. The molecule has 1 aliphatic heterocycles. The van der Waals surface area contributed by atoms with E-state index in [1.54, 1.807) is 12.5 Å². The Hall–Kier alpha value is -1.00. The van der Waals surface area contributed by atoms with Crippen LogP contribution in [0.2, 0.25) is 0 Å². The van der Waals surface area contributed by atoms with Gasteiger partial charge in [-0.3, -0.25) is 4.79 Å². The number of nitrogens with zero attached hydrogens (tertiary/aromatic N) is 1. The van der Waals surface area contributed by atoms with Crippen molar-refractivity contribution >= 4 is 27.3 Å². The highest BCUT2D eigenvalue weighted by atomic mass is 32.2. The van der Waals surface area contributed by atoms with E-state index in [9.17, 15) is 13.2 Å². The molecule has 1 aromatic heterocycles. The van der Waals surface area contributed by atoms with E-state index in [-0.39, 0.29) is 15.7 Å². The van der Waals surface area contributed by atoms with E-state index >= 15 is 0 Å². The molecule has 24 heavy (non-hydrogen) atoms. The summed E-state index contributed by atoms with van der Waals surface area (Å²) >= 11 is 1.16. The lowest BCUT2D eigenvalue weighted by molar-refractivity contribution is 0.0954. The van der Waals surface area contributed by atoms with Gasteiger partial charge in [-0.15, -0.1) is 11.3 Å². The highest BCUT2D eigenvalue weighted by molar-refractivity contribution is 7.89. The molecule has 2 rings (SSSR count). The Morgan fingerprint density at radius 2 is 2.00 bits per heavy atom. The molecule has 0 radical (unpaired) electrons. The van der Waals surface area contributed by atoms with Crippen molar-refractivity contribution in [3.63, 3.8) is 0 Å².